The van der Waals surface area contributed by atoms with Crippen LogP contribution in [0.1, 0.15) is 5.56 Å². The van der Waals surface area contributed by atoms with Crippen LogP contribution in [0.15, 0.2) is 24.3 Å². The van der Waals surface area contributed by atoms with Crippen LogP contribution in [0.5, 0.6) is 5.75 Å². The van der Waals surface area contributed by atoms with Crippen molar-refractivity contribution in [3.05, 3.63) is 29.8 Å². The molecule has 1 rings (SSSR count). The van der Waals surface area contributed by atoms with Crippen molar-refractivity contribution in [2.75, 3.05) is 33.7 Å². The van der Waals surface area contributed by atoms with E-state index in [0.717, 1.165) is 12.1 Å². The minimum Gasteiger partial charge on any atom is -0.508 e. The second-order valence-electron chi connectivity index (χ2n) is 4.54. The Morgan fingerprint density at radius 3 is 2.44 bits per heavy atom. The molecule has 1 aromatic rings. The Labute approximate surface area is 107 Å². The predicted molar refractivity (Wildman–Crippen MR) is 69.6 cm³/mol. The standard InChI is InChI=1S/C13H20N2O3/c1-14(2)7-8-15(10-13(17)18)9-11-5-3-4-6-12(11)16/h3-6,16H,7-10H2,1-2H3,(H,17,18). The van der Waals surface area contributed by atoms with Crippen LogP contribution in [0.25, 0.3) is 0 Å². The lowest BCUT2D eigenvalue weighted by Gasteiger charge is -2.22. The molecule has 0 atom stereocenters. The van der Waals surface area contributed by atoms with Crippen molar-refractivity contribution in [3.63, 3.8) is 0 Å². The number of aromatic hydroxyl groups is 1. The topological polar surface area (TPSA) is 64.0 Å². The Morgan fingerprint density at radius 2 is 1.89 bits per heavy atom. The summed E-state index contributed by atoms with van der Waals surface area (Å²) in [6, 6.07) is 7.00. The van der Waals surface area contributed by atoms with Crippen LogP contribution in [0.3, 0.4) is 0 Å². The molecule has 0 aliphatic carbocycles. The molecule has 0 saturated heterocycles. The van der Waals surface area contributed by atoms with Crippen molar-refractivity contribution in [2.24, 2.45) is 0 Å². The summed E-state index contributed by atoms with van der Waals surface area (Å²) < 4.78 is 0. The second kappa shape index (κ2) is 6.98. The Kier molecular flexibility index (Phi) is 5.61. The highest BCUT2D eigenvalue weighted by Gasteiger charge is 2.12. The highest BCUT2D eigenvalue weighted by Crippen LogP contribution is 2.17. The maximum absolute atomic E-state index is 10.8. The molecule has 0 unspecified atom stereocenters. The third kappa shape index (κ3) is 5.16. The monoisotopic (exact) mass is 252 g/mol. The third-order valence-corrected chi connectivity index (χ3v) is 2.61. The molecular weight excluding hydrogens is 232 g/mol. The molecular formula is C13H20N2O3. The number of aliphatic carboxylic acids is 1. The number of hydrogen-bond donors (Lipinski definition) is 2. The smallest absolute Gasteiger partial charge is 0.317 e. The van der Waals surface area contributed by atoms with Gasteiger partial charge >= 0.3 is 5.97 Å². The van der Waals surface area contributed by atoms with Crippen LogP contribution in [-0.4, -0.2) is 59.7 Å². The largest absolute Gasteiger partial charge is 0.508 e. The zero-order valence-corrected chi connectivity index (χ0v) is 10.8. The number of benzene rings is 1. The molecule has 1 aromatic carbocycles. The molecule has 0 bridgehead atoms. The number of likely N-dealkylation sites (N-methyl/N-ethyl adjacent to an activating group) is 1. The van der Waals surface area contributed by atoms with Gasteiger partial charge in [-0.1, -0.05) is 18.2 Å². The average Bonchev–Trinajstić information content (AvgIpc) is 2.28. The number of phenols is 1. The highest BCUT2D eigenvalue weighted by molar-refractivity contribution is 5.69. The van der Waals surface area contributed by atoms with Crippen molar-refractivity contribution < 1.29 is 15.0 Å². The van der Waals surface area contributed by atoms with Crippen LogP contribution in [-0.2, 0) is 11.3 Å². The fourth-order valence-corrected chi connectivity index (χ4v) is 1.63. The predicted octanol–water partition coefficient (Wildman–Crippen LogP) is 0.840. The molecule has 0 heterocycles. The van der Waals surface area contributed by atoms with Crippen molar-refractivity contribution >= 4 is 5.97 Å². The van der Waals surface area contributed by atoms with Crippen LogP contribution in [0, 0.1) is 0 Å². The van der Waals surface area contributed by atoms with Gasteiger partial charge < -0.3 is 15.1 Å². The average molecular weight is 252 g/mol. The molecule has 0 radical (unpaired) electrons. The Hall–Kier alpha value is -1.59. The first kappa shape index (κ1) is 14.5. The highest BCUT2D eigenvalue weighted by atomic mass is 16.4. The Morgan fingerprint density at radius 1 is 1.22 bits per heavy atom. The minimum absolute atomic E-state index is 0.0256. The molecule has 0 aromatic heterocycles. The summed E-state index contributed by atoms with van der Waals surface area (Å²) >= 11 is 0. The van der Waals surface area contributed by atoms with Gasteiger partial charge in [0.15, 0.2) is 0 Å². The van der Waals surface area contributed by atoms with Gasteiger partial charge in [0.25, 0.3) is 0 Å². The first-order valence-electron chi connectivity index (χ1n) is 5.85. The number of para-hydroxylation sites is 1. The van der Waals surface area contributed by atoms with Crippen molar-refractivity contribution in [3.8, 4) is 5.75 Å². The van der Waals surface area contributed by atoms with E-state index >= 15 is 0 Å². The van der Waals surface area contributed by atoms with E-state index in [1.807, 2.05) is 25.1 Å². The van der Waals surface area contributed by atoms with Crippen LogP contribution in [0.2, 0.25) is 0 Å². The lowest BCUT2D eigenvalue weighted by molar-refractivity contribution is -0.138. The van der Waals surface area contributed by atoms with E-state index < -0.39 is 5.97 Å². The van der Waals surface area contributed by atoms with Crippen molar-refractivity contribution in [1.82, 2.24) is 9.80 Å². The van der Waals surface area contributed by atoms with E-state index in [1.54, 1.807) is 23.1 Å². The Bertz CT molecular complexity index is 394. The summed E-state index contributed by atoms with van der Waals surface area (Å²) in [6.45, 7) is 1.84. The molecule has 5 nitrogen and oxygen atoms in total. The van der Waals surface area contributed by atoms with Gasteiger partial charge in [-0.05, 0) is 20.2 Å². The molecule has 0 aliphatic heterocycles. The number of carboxylic acid groups (broad SMARTS) is 1. The quantitative estimate of drug-likeness (QED) is 0.753. The normalized spacial score (nSPS) is 11.1. The summed E-state index contributed by atoms with van der Waals surface area (Å²) in [5.41, 5.74) is 0.748. The number of carboxylic acids is 1. The van der Waals surface area contributed by atoms with E-state index in [2.05, 4.69) is 0 Å². The number of nitrogens with zero attached hydrogens (tertiary/aromatic N) is 2. The fourth-order valence-electron chi connectivity index (χ4n) is 1.63. The van der Waals surface area contributed by atoms with Gasteiger partial charge in [0.1, 0.15) is 5.75 Å². The van der Waals surface area contributed by atoms with E-state index in [9.17, 15) is 9.90 Å². The lowest BCUT2D eigenvalue weighted by Crippen LogP contribution is -2.35. The molecule has 0 amide bonds. The zero-order valence-electron chi connectivity index (χ0n) is 10.8. The van der Waals surface area contributed by atoms with Crippen molar-refractivity contribution in [1.29, 1.82) is 0 Å². The first-order valence-corrected chi connectivity index (χ1v) is 5.85. The Balaban J connectivity index is 2.65. The summed E-state index contributed by atoms with van der Waals surface area (Å²) in [6.07, 6.45) is 0. The number of rotatable bonds is 7. The summed E-state index contributed by atoms with van der Waals surface area (Å²) in [7, 11) is 3.89. The second-order valence-corrected chi connectivity index (χ2v) is 4.54. The van der Waals surface area contributed by atoms with Crippen molar-refractivity contribution in [2.45, 2.75) is 6.54 Å². The van der Waals surface area contributed by atoms with E-state index in [0.29, 0.717) is 13.1 Å². The third-order valence-electron chi connectivity index (χ3n) is 2.61. The zero-order chi connectivity index (χ0) is 13.5. The van der Waals surface area contributed by atoms with Gasteiger partial charge in [0.05, 0.1) is 6.54 Å². The molecule has 18 heavy (non-hydrogen) atoms. The van der Waals surface area contributed by atoms with Gasteiger partial charge in [0.2, 0.25) is 0 Å². The summed E-state index contributed by atoms with van der Waals surface area (Å²) in [5, 5.41) is 18.6. The molecule has 0 fully saturated rings. The number of hydrogen-bond acceptors (Lipinski definition) is 4. The lowest BCUT2D eigenvalue weighted by atomic mass is 10.2. The maximum Gasteiger partial charge on any atom is 0.317 e. The molecule has 0 saturated carbocycles. The fraction of sp³-hybridized carbons (Fsp3) is 0.462. The number of carbonyl (C=O) groups is 1. The van der Waals surface area contributed by atoms with E-state index in [4.69, 9.17) is 5.11 Å². The van der Waals surface area contributed by atoms with Crippen LogP contribution < -0.4 is 0 Å². The minimum atomic E-state index is -0.857. The molecule has 0 aliphatic rings. The summed E-state index contributed by atoms with van der Waals surface area (Å²) in [4.78, 5) is 14.6. The van der Waals surface area contributed by atoms with Gasteiger partial charge in [0, 0.05) is 25.2 Å². The van der Waals surface area contributed by atoms with Gasteiger partial charge in [-0.25, -0.2) is 0 Å². The molecule has 2 N–H and O–H groups in total. The SMILES string of the molecule is CN(C)CCN(CC(=O)O)Cc1ccccc1O. The molecule has 100 valence electrons. The van der Waals surface area contributed by atoms with Crippen LogP contribution in [0.4, 0.5) is 0 Å². The molecule has 5 heteroatoms. The van der Waals surface area contributed by atoms with Crippen LogP contribution >= 0.6 is 0 Å². The van der Waals surface area contributed by atoms with Gasteiger partial charge in [-0.3, -0.25) is 9.69 Å². The van der Waals surface area contributed by atoms with Gasteiger partial charge in [-0.15, -0.1) is 0 Å². The number of phenolic OH excluding ortho intramolecular Hbond substituents is 1. The summed E-state index contributed by atoms with van der Waals surface area (Å²) in [5.74, 6) is -0.651. The first-order chi connectivity index (χ1) is 8.49. The molecule has 0 spiro atoms. The maximum atomic E-state index is 10.8. The van der Waals surface area contributed by atoms with E-state index in [-0.39, 0.29) is 12.3 Å². The van der Waals surface area contributed by atoms with Gasteiger partial charge in [-0.2, -0.15) is 0 Å². The van der Waals surface area contributed by atoms with E-state index in [1.165, 1.54) is 0 Å².